The van der Waals surface area contributed by atoms with Crippen LogP contribution in [0.15, 0.2) is 53.5 Å². The molecule has 0 bridgehead atoms. The van der Waals surface area contributed by atoms with Crippen LogP contribution in [-0.4, -0.2) is 58.9 Å². The van der Waals surface area contributed by atoms with E-state index in [1.54, 1.807) is 19.1 Å². The number of fused-ring (bicyclic) bond motifs is 1. The van der Waals surface area contributed by atoms with Crippen molar-refractivity contribution in [1.29, 1.82) is 0 Å². The van der Waals surface area contributed by atoms with E-state index in [0.717, 1.165) is 35.7 Å². The predicted octanol–water partition coefficient (Wildman–Crippen LogP) is 2.90. The summed E-state index contributed by atoms with van der Waals surface area (Å²) < 4.78 is 16.3. The quantitative estimate of drug-likeness (QED) is 0.345. The summed E-state index contributed by atoms with van der Waals surface area (Å²) in [7, 11) is 3.41. The number of guanidine groups is 1. The van der Waals surface area contributed by atoms with Gasteiger partial charge in [-0.25, -0.2) is 0 Å². The molecule has 0 spiro atoms. The van der Waals surface area contributed by atoms with Crippen molar-refractivity contribution < 1.29 is 19.0 Å². The molecule has 0 aromatic heterocycles. The van der Waals surface area contributed by atoms with Gasteiger partial charge in [-0.2, -0.15) is 0 Å². The lowest BCUT2D eigenvalue weighted by atomic mass is 10.2. The third-order valence-corrected chi connectivity index (χ3v) is 4.74. The average molecular weight is 427 g/mol. The van der Waals surface area contributed by atoms with Crippen LogP contribution in [0, 0.1) is 0 Å². The summed E-state index contributed by atoms with van der Waals surface area (Å²) in [5, 5.41) is 6.56. The molecule has 0 aliphatic carbocycles. The van der Waals surface area contributed by atoms with E-state index >= 15 is 0 Å². The lowest BCUT2D eigenvalue weighted by molar-refractivity contribution is -0.121. The van der Waals surface area contributed by atoms with Crippen molar-refractivity contribution in [3.8, 4) is 11.5 Å². The van der Waals surface area contributed by atoms with Crippen molar-refractivity contribution in [3.05, 3.63) is 48.5 Å². The Kier molecular flexibility index (Phi) is 8.54. The zero-order valence-corrected chi connectivity index (χ0v) is 18.1. The molecule has 0 fully saturated rings. The molecule has 2 aromatic rings. The zero-order chi connectivity index (χ0) is 21.9. The Balaban J connectivity index is 1.46. The lowest BCUT2D eigenvalue weighted by Crippen LogP contribution is -2.41. The van der Waals surface area contributed by atoms with Crippen molar-refractivity contribution in [2.75, 3.05) is 57.3 Å². The normalized spacial score (nSPS) is 13.4. The van der Waals surface area contributed by atoms with Crippen LogP contribution in [0.5, 0.6) is 11.5 Å². The maximum Gasteiger partial charge on any atom is 0.265 e. The van der Waals surface area contributed by atoms with Crippen molar-refractivity contribution in [2.24, 2.45) is 4.99 Å². The lowest BCUT2D eigenvalue weighted by Gasteiger charge is -2.29. The fourth-order valence-corrected chi connectivity index (χ4v) is 3.22. The molecule has 0 saturated heterocycles. The molecular weight excluding hydrogens is 396 g/mol. The molecule has 0 saturated carbocycles. The van der Waals surface area contributed by atoms with Crippen LogP contribution in [0.3, 0.4) is 0 Å². The first-order valence-electron chi connectivity index (χ1n) is 10.4. The van der Waals surface area contributed by atoms with Crippen molar-refractivity contribution in [1.82, 2.24) is 5.32 Å². The second-order valence-electron chi connectivity index (χ2n) is 7.00. The van der Waals surface area contributed by atoms with Gasteiger partial charge < -0.3 is 29.7 Å². The van der Waals surface area contributed by atoms with E-state index in [-0.39, 0.29) is 12.5 Å². The second-order valence-corrected chi connectivity index (χ2v) is 7.00. The molecule has 3 rings (SSSR count). The first-order valence-corrected chi connectivity index (χ1v) is 10.4. The molecule has 8 heteroatoms. The van der Waals surface area contributed by atoms with Gasteiger partial charge in [-0.3, -0.25) is 9.79 Å². The van der Waals surface area contributed by atoms with Crippen LogP contribution < -0.4 is 25.0 Å². The molecule has 0 atom stereocenters. The summed E-state index contributed by atoms with van der Waals surface area (Å²) in [6, 6.07) is 15.4. The summed E-state index contributed by atoms with van der Waals surface area (Å²) in [4.78, 5) is 18.3. The Morgan fingerprint density at radius 3 is 2.87 bits per heavy atom. The number of carbonyl (C=O) groups excluding carboxylic acids is 1. The van der Waals surface area contributed by atoms with Gasteiger partial charge in [0.15, 0.2) is 12.6 Å². The molecule has 1 aliphatic rings. The highest BCUT2D eigenvalue weighted by atomic mass is 16.5. The van der Waals surface area contributed by atoms with Gasteiger partial charge in [-0.15, -0.1) is 0 Å². The Morgan fingerprint density at radius 2 is 2.03 bits per heavy atom. The third-order valence-electron chi connectivity index (χ3n) is 4.74. The van der Waals surface area contributed by atoms with Crippen LogP contribution in [0.4, 0.5) is 11.4 Å². The van der Waals surface area contributed by atoms with Gasteiger partial charge in [-0.05, 0) is 30.7 Å². The molecular formula is C23H30N4O4. The maximum absolute atomic E-state index is 12.3. The highest BCUT2D eigenvalue weighted by molar-refractivity contribution is 5.97. The van der Waals surface area contributed by atoms with Gasteiger partial charge in [0.2, 0.25) is 0 Å². The number of anilines is 2. The SMILES string of the molecule is CN=C(NCCCN1C(=O)COc2ccccc21)Nc1cccc(OCCCOC)c1. The molecule has 2 N–H and O–H groups in total. The fraction of sp³-hybridized carbons (Fsp3) is 0.391. The largest absolute Gasteiger partial charge is 0.493 e. The van der Waals surface area contributed by atoms with Crippen molar-refractivity contribution in [3.63, 3.8) is 0 Å². The maximum atomic E-state index is 12.3. The Hall–Kier alpha value is -3.26. The van der Waals surface area contributed by atoms with Gasteiger partial charge in [-0.1, -0.05) is 18.2 Å². The van der Waals surface area contributed by atoms with E-state index in [4.69, 9.17) is 14.2 Å². The number of aliphatic imine (C=N–C) groups is 1. The smallest absolute Gasteiger partial charge is 0.265 e. The summed E-state index contributed by atoms with van der Waals surface area (Å²) in [5.41, 5.74) is 1.71. The number of methoxy groups -OCH3 is 1. The molecule has 31 heavy (non-hydrogen) atoms. The monoisotopic (exact) mass is 426 g/mol. The number of para-hydroxylation sites is 2. The predicted molar refractivity (Wildman–Crippen MR) is 122 cm³/mol. The number of nitrogens with zero attached hydrogens (tertiary/aromatic N) is 2. The number of nitrogens with one attached hydrogen (secondary N) is 2. The van der Waals surface area contributed by atoms with E-state index in [0.29, 0.717) is 32.3 Å². The van der Waals surface area contributed by atoms with Crippen LogP contribution in [-0.2, 0) is 9.53 Å². The van der Waals surface area contributed by atoms with Gasteiger partial charge >= 0.3 is 0 Å². The Morgan fingerprint density at radius 1 is 1.16 bits per heavy atom. The number of carbonyl (C=O) groups is 1. The first kappa shape index (κ1) is 22.4. The molecule has 0 radical (unpaired) electrons. The highest BCUT2D eigenvalue weighted by Gasteiger charge is 2.24. The van der Waals surface area contributed by atoms with Crippen molar-refractivity contribution in [2.45, 2.75) is 12.8 Å². The van der Waals surface area contributed by atoms with E-state index < -0.39 is 0 Å². The van der Waals surface area contributed by atoms with Gasteiger partial charge in [0, 0.05) is 52.0 Å². The van der Waals surface area contributed by atoms with Crippen LogP contribution in [0.2, 0.25) is 0 Å². The number of amides is 1. The first-order chi connectivity index (χ1) is 15.2. The number of benzene rings is 2. The van der Waals surface area contributed by atoms with E-state index in [1.165, 1.54) is 0 Å². The van der Waals surface area contributed by atoms with E-state index in [2.05, 4.69) is 15.6 Å². The van der Waals surface area contributed by atoms with Crippen LogP contribution in [0.1, 0.15) is 12.8 Å². The average Bonchev–Trinajstić information content (AvgIpc) is 2.80. The van der Waals surface area contributed by atoms with Crippen LogP contribution in [0.25, 0.3) is 0 Å². The molecule has 2 aromatic carbocycles. The summed E-state index contributed by atoms with van der Waals surface area (Å²) >= 11 is 0. The minimum Gasteiger partial charge on any atom is -0.493 e. The Labute approximate surface area is 183 Å². The molecule has 1 heterocycles. The van der Waals surface area contributed by atoms with Gasteiger partial charge in [0.05, 0.1) is 12.3 Å². The minimum absolute atomic E-state index is 0.0245. The summed E-state index contributed by atoms with van der Waals surface area (Å²) in [5.74, 6) is 2.17. The fourth-order valence-electron chi connectivity index (χ4n) is 3.22. The van der Waals surface area contributed by atoms with E-state index in [9.17, 15) is 4.79 Å². The van der Waals surface area contributed by atoms with Gasteiger partial charge in [0.25, 0.3) is 5.91 Å². The van der Waals surface area contributed by atoms with E-state index in [1.807, 2.05) is 48.5 Å². The van der Waals surface area contributed by atoms with Crippen LogP contribution >= 0.6 is 0 Å². The number of hydrogen-bond acceptors (Lipinski definition) is 5. The summed E-state index contributed by atoms with van der Waals surface area (Å²) in [6.07, 6.45) is 1.61. The van der Waals surface area contributed by atoms with Crippen molar-refractivity contribution >= 4 is 23.2 Å². The minimum atomic E-state index is -0.0245. The molecule has 166 valence electrons. The topological polar surface area (TPSA) is 84.4 Å². The number of rotatable bonds is 10. The number of ether oxygens (including phenoxy) is 3. The third kappa shape index (κ3) is 6.62. The van der Waals surface area contributed by atoms with Gasteiger partial charge in [0.1, 0.15) is 11.5 Å². The molecule has 0 unspecified atom stereocenters. The molecule has 1 amide bonds. The Bertz CT molecular complexity index is 887. The molecule has 8 nitrogen and oxygen atoms in total. The summed E-state index contributed by atoms with van der Waals surface area (Å²) in [6.45, 7) is 2.63. The standard InChI is InChI=1S/C23H30N4O4/c1-24-23(26-18-8-5-9-19(16-18)30-15-7-14-29-2)25-12-6-13-27-20-10-3-4-11-21(20)31-17-22(27)28/h3-5,8-11,16H,6-7,12-15,17H2,1-2H3,(H2,24,25,26). The molecule has 1 aliphatic heterocycles. The zero-order valence-electron chi connectivity index (χ0n) is 18.1. The number of hydrogen-bond donors (Lipinski definition) is 2. The highest BCUT2D eigenvalue weighted by Crippen LogP contribution is 2.31. The second kappa shape index (κ2) is 11.8.